The van der Waals surface area contributed by atoms with Gasteiger partial charge in [-0.05, 0) is 59.1 Å². The molecule has 0 spiro atoms. The van der Waals surface area contributed by atoms with Gasteiger partial charge in [-0.25, -0.2) is 0 Å². The first kappa shape index (κ1) is 25.9. The third kappa shape index (κ3) is 4.82. The second-order valence-electron chi connectivity index (χ2n) is 11.3. The summed E-state index contributed by atoms with van der Waals surface area (Å²) in [4.78, 5) is 13.1. The van der Waals surface area contributed by atoms with Crippen LogP contribution < -0.4 is 14.8 Å². The van der Waals surface area contributed by atoms with Crippen LogP contribution in [0.3, 0.4) is 0 Å². The lowest BCUT2D eigenvalue weighted by Gasteiger charge is -2.43. The van der Waals surface area contributed by atoms with E-state index in [1.54, 1.807) is 0 Å². The molecule has 3 aromatic rings. The molecule has 0 amide bonds. The van der Waals surface area contributed by atoms with Crippen molar-refractivity contribution in [2.75, 3.05) is 0 Å². The highest BCUT2D eigenvalue weighted by Gasteiger charge is 2.52. The topological polar surface area (TPSA) is 44.8 Å². The predicted octanol–water partition coefficient (Wildman–Crippen LogP) is 5.85. The highest BCUT2D eigenvalue weighted by Crippen LogP contribution is 2.40. The Morgan fingerprint density at radius 3 is 2.05 bits per heavy atom. The Morgan fingerprint density at radius 2 is 1.51 bits per heavy atom. The zero-order valence-corrected chi connectivity index (χ0v) is 23.7. The Morgan fingerprint density at radius 1 is 0.919 bits per heavy atom. The number of hydrogen-bond acceptors (Lipinski definition) is 4. The highest BCUT2D eigenvalue weighted by molar-refractivity contribution is 7.00. The van der Waals surface area contributed by atoms with E-state index in [1.807, 2.05) is 50.3 Å². The van der Waals surface area contributed by atoms with Crippen LogP contribution in [-0.2, 0) is 20.7 Å². The number of benzene rings is 3. The van der Waals surface area contributed by atoms with Crippen molar-refractivity contribution in [2.45, 2.75) is 64.1 Å². The van der Waals surface area contributed by atoms with E-state index in [4.69, 9.17) is 25.5 Å². The minimum absolute atomic E-state index is 0.0371. The smallest absolute Gasteiger partial charge is 0.319 e. The Labute approximate surface area is 225 Å². The Bertz CT molecular complexity index is 1290. The van der Waals surface area contributed by atoms with Gasteiger partial charge in [0.2, 0.25) is 0 Å². The third-order valence-electron chi connectivity index (χ3n) is 7.16. The summed E-state index contributed by atoms with van der Waals surface area (Å²) in [6.45, 7) is 10.4. The molecular weight excluding hydrogens is 500 g/mol. The fourth-order valence-electron chi connectivity index (χ4n) is 5.50. The minimum Gasteiger partial charge on any atom is -0.534 e. The molecule has 3 aromatic carbocycles. The van der Waals surface area contributed by atoms with E-state index in [0.717, 1.165) is 11.3 Å². The van der Waals surface area contributed by atoms with Crippen LogP contribution in [0.5, 0.6) is 5.75 Å². The van der Waals surface area contributed by atoms with Gasteiger partial charge >= 0.3 is 8.32 Å². The Hall–Kier alpha value is -2.70. The number of carbonyl (C=O) groups is 1. The van der Waals surface area contributed by atoms with Crippen LogP contribution in [0, 0.1) is 0 Å². The van der Waals surface area contributed by atoms with Gasteiger partial charge in [-0.1, -0.05) is 93.0 Å². The maximum atomic E-state index is 13.1. The molecule has 0 radical (unpaired) electrons. The van der Waals surface area contributed by atoms with Crippen LogP contribution in [0.15, 0.2) is 90.5 Å². The van der Waals surface area contributed by atoms with Gasteiger partial charge in [-0.15, -0.1) is 0 Å². The van der Waals surface area contributed by atoms with Crippen LogP contribution in [-0.4, -0.2) is 32.1 Å². The molecule has 0 N–H and O–H groups in total. The molecule has 1 heterocycles. The Kier molecular flexibility index (Phi) is 6.69. The summed E-state index contributed by atoms with van der Waals surface area (Å²) in [7, 11) is -2.79. The van der Waals surface area contributed by atoms with Crippen LogP contribution in [0.4, 0.5) is 0 Å². The zero-order chi connectivity index (χ0) is 26.4. The van der Waals surface area contributed by atoms with Gasteiger partial charge < -0.3 is 13.9 Å². The van der Waals surface area contributed by atoms with Crippen LogP contribution in [0.1, 0.15) is 40.2 Å². The molecule has 5 rings (SSSR count). The first-order valence-corrected chi connectivity index (χ1v) is 15.0. The lowest BCUT2D eigenvalue weighted by Crippen LogP contribution is -2.68. The summed E-state index contributed by atoms with van der Waals surface area (Å²) in [6.07, 6.45) is 1.34. The van der Waals surface area contributed by atoms with Gasteiger partial charge in [0, 0.05) is 17.0 Å². The summed E-state index contributed by atoms with van der Waals surface area (Å²) in [5, 5.41) is 2.83. The second kappa shape index (κ2) is 9.55. The molecule has 192 valence electrons. The molecular formula is C31H33ClO4Si. The molecule has 2 atom stereocenters. The molecule has 0 unspecified atom stereocenters. The van der Waals surface area contributed by atoms with E-state index >= 15 is 0 Å². The van der Waals surface area contributed by atoms with Gasteiger partial charge in [0.1, 0.15) is 11.9 Å². The van der Waals surface area contributed by atoms with Crippen molar-refractivity contribution in [3.8, 4) is 5.75 Å². The molecule has 6 heteroatoms. The molecule has 1 aliphatic carbocycles. The van der Waals surface area contributed by atoms with Crippen molar-refractivity contribution < 1.29 is 18.7 Å². The zero-order valence-electron chi connectivity index (χ0n) is 22.0. The first-order valence-electron chi connectivity index (χ1n) is 12.7. The maximum Gasteiger partial charge on any atom is 0.319 e. The van der Waals surface area contributed by atoms with Crippen LogP contribution in [0.2, 0.25) is 10.1 Å². The van der Waals surface area contributed by atoms with Crippen molar-refractivity contribution >= 4 is 36.1 Å². The summed E-state index contributed by atoms with van der Waals surface area (Å²) < 4.78 is 18.9. The van der Waals surface area contributed by atoms with Crippen LogP contribution in [0.25, 0.3) is 0 Å². The second-order valence-corrected chi connectivity index (χ2v) is 15.9. The molecule has 37 heavy (non-hydrogen) atoms. The molecule has 0 saturated carbocycles. The standard InChI is InChI=1S/C31H33ClO4Si/c1-30(2,3)37(24-12-8-6-9-13-24,25-14-10-7-11-15-25)36-23-16-17-26(32)21(19-23)18-22-20-27-29(28(22)33)35-31(4,5)34-27/h6-17,19-20,27,29H,18H2,1-5H3/t27-,29-/m0/s1. The van der Waals surface area contributed by atoms with Crippen LogP contribution >= 0.6 is 11.6 Å². The molecule has 4 nitrogen and oxygen atoms in total. The van der Waals surface area contributed by atoms with Crippen molar-refractivity contribution in [3.63, 3.8) is 0 Å². The number of fused-ring (bicyclic) bond motifs is 1. The average molecular weight is 533 g/mol. The summed E-state index contributed by atoms with van der Waals surface area (Å²) in [5.41, 5.74) is 1.51. The predicted molar refractivity (Wildman–Crippen MR) is 150 cm³/mol. The number of ketones is 1. The van der Waals surface area contributed by atoms with Gasteiger partial charge in [0.25, 0.3) is 0 Å². The van der Waals surface area contributed by atoms with Crippen molar-refractivity contribution in [3.05, 3.63) is 101 Å². The number of ether oxygens (including phenoxy) is 2. The SMILES string of the molecule is CC1(C)O[C@H]2C=C(Cc3cc(O[Si](c4ccccc4)(c4ccccc4)C(C)(C)C)ccc3Cl)C(=O)[C@H]2O1. The summed E-state index contributed by atoms with van der Waals surface area (Å²) in [6, 6.07) is 26.8. The number of carbonyl (C=O) groups excluding carboxylic acids is 1. The quantitative estimate of drug-likeness (QED) is 0.373. The monoisotopic (exact) mass is 532 g/mol. The third-order valence-corrected chi connectivity index (χ3v) is 12.5. The fourth-order valence-corrected chi connectivity index (χ4v) is 10.1. The number of Topliss-reactive ketones (excluding diaryl/α,β-unsaturated/α-hetero) is 1. The van der Waals surface area contributed by atoms with E-state index in [2.05, 4.69) is 69.3 Å². The lowest BCUT2D eigenvalue weighted by atomic mass is 10.0. The molecule has 1 saturated heterocycles. The largest absolute Gasteiger partial charge is 0.534 e. The minimum atomic E-state index is -2.79. The number of halogens is 1. The first-order chi connectivity index (χ1) is 17.5. The summed E-state index contributed by atoms with van der Waals surface area (Å²) in [5.74, 6) is -0.0488. The van der Waals surface area contributed by atoms with Gasteiger partial charge in [0.05, 0.1) is 0 Å². The Balaban J connectivity index is 1.52. The van der Waals surface area contributed by atoms with E-state index in [1.165, 1.54) is 10.4 Å². The van der Waals surface area contributed by atoms with Gasteiger partial charge in [-0.3, -0.25) is 4.79 Å². The lowest BCUT2D eigenvalue weighted by molar-refractivity contribution is -0.153. The number of rotatable bonds is 6. The normalized spacial score (nSPS) is 21.0. The highest BCUT2D eigenvalue weighted by atomic mass is 35.5. The molecule has 0 bridgehead atoms. The molecule has 1 fully saturated rings. The van der Waals surface area contributed by atoms with Crippen molar-refractivity contribution in [2.24, 2.45) is 0 Å². The van der Waals surface area contributed by atoms with E-state index < -0.39 is 20.2 Å². The average Bonchev–Trinajstić information content (AvgIpc) is 3.31. The number of hydrogen-bond donors (Lipinski definition) is 0. The van der Waals surface area contributed by atoms with E-state index in [-0.39, 0.29) is 16.9 Å². The maximum absolute atomic E-state index is 13.1. The van der Waals surface area contributed by atoms with E-state index in [0.29, 0.717) is 17.0 Å². The summed E-state index contributed by atoms with van der Waals surface area (Å²) >= 11 is 6.64. The van der Waals surface area contributed by atoms with Crippen molar-refractivity contribution in [1.29, 1.82) is 0 Å². The molecule has 1 aliphatic heterocycles. The molecule has 0 aromatic heterocycles. The van der Waals surface area contributed by atoms with Crippen molar-refractivity contribution in [1.82, 2.24) is 0 Å². The van der Waals surface area contributed by atoms with Gasteiger partial charge in [0.15, 0.2) is 17.7 Å². The van der Waals surface area contributed by atoms with E-state index in [9.17, 15) is 4.79 Å². The molecule has 2 aliphatic rings. The van der Waals surface area contributed by atoms with Gasteiger partial charge in [-0.2, -0.15) is 0 Å². The fraction of sp³-hybridized carbons (Fsp3) is 0.323.